The van der Waals surface area contributed by atoms with E-state index in [2.05, 4.69) is 39.6 Å². The van der Waals surface area contributed by atoms with Gasteiger partial charge in [-0.05, 0) is 50.5 Å². The first-order chi connectivity index (χ1) is 13.7. The van der Waals surface area contributed by atoms with E-state index in [9.17, 15) is 4.79 Å². The lowest BCUT2D eigenvalue weighted by Gasteiger charge is -2.21. The van der Waals surface area contributed by atoms with Gasteiger partial charge in [0.1, 0.15) is 5.69 Å². The molecule has 2 aromatic carbocycles. The van der Waals surface area contributed by atoms with E-state index < -0.39 is 0 Å². The van der Waals surface area contributed by atoms with Gasteiger partial charge in [-0.1, -0.05) is 48.5 Å². The van der Waals surface area contributed by atoms with Gasteiger partial charge in [-0.15, -0.1) is 0 Å². The Kier molecular flexibility index (Phi) is 6.73. The fraction of sp³-hybridized carbons (Fsp3) is 0.261. The lowest BCUT2D eigenvalue weighted by molar-refractivity contribution is 0.0983. The molecule has 0 saturated heterocycles. The number of hydrogen-bond donors (Lipinski definition) is 1. The molecule has 5 nitrogen and oxygen atoms in total. The Morgan fingerprint density at radius 2 is 1.68 bits per heavy atom. The van der Waals surface area contributed by atoms with Crippen molar-refractivity contribution in [3.8, 4) is 0 Å². The van der Waals surface area contributed by atoms with Crippen molar-refractivity contribution in [1.82, 2.24) is 9.97 Å². The minimum atomic E-state index is -0.119. The molecule has 0 spiro atoms. The average molecular weight is 374 g/mol. The average Bonchev–Trinajstić information content (AvgIpc) is 2.73. The molecule has 144 valence electrons. The second kappa shape index (κ2) is 9.65. The largest absolute Gasteiger partial charge is 0.354 e. The summed E-state index contributed by atoms with van der Waals surface area (Å²) >= 11 is 0. The van der Waals surface area contributed by atoms with Gasteiger partial charge >= 0.3 is 0 Å². The molecule has 0 aliphatic carbocycles. The third-order valence-corrected chi connectivity index (χ3v) is 4.47. The normalized spacial score (nSPS) is 10.5. The Morgan fingerprint density at radius 1 is 1.00 bits per heavy atom. The summed E-state index contributed by atoms with van der Waals surface area (Å²) in [6.07, 6.45) is 1.96. The van der Waals surface area contributed by atoms with Gasteiger partial charge in [0.05, 0.1) is 0 Å². The van der Waals surface area contributed by atoms with Crippen molar-refractivity contribution >= 4 is 17.5 Å². The van der Waals surface area contributed by atoms with Gasteiger partial charge in [-0.25, -0.2) is 9.97 Å². The van der Waals surface area contributed by atoms with Crippen molar-refractivity contribution in [1.29, 1.82) is 0 Å². The number of hydrogen-bond acceptors (Lipinski definition) is 4. The topological polar surface area (TPSA) is 58.1 Å². The Labute approximate surface area is 166 Å². The maximum absolute atomic E-state index is 13.0. The van der Waals surface area contributed by atoms with Crippen LogP contribution in [-0.4, -0.2) is 29.0 Å². The van der Waals surface area contributed by atoms with E-state index in [1.54, 1.807) is 11.0 Å². The highest BCUT2D eigenvalue weighted by Crippen LogP contribution is 2.17. The maximum atomic E-state index is 13.0. The van der Waals surface area contributed by atoms with Gasteiger partial charge in [-0.3, -0.25) is 4.79 Å². The number of nitrogens with one attached hydrogen (secondary N) is 1. The first kappa shape index (κ1) is 19.5. The van der Waals surface area contributed by atoms with Crippen molar-refractivity contribution in [2.24, 2.45) is 0 Å². The summed E-state index contributed by atoms with van der Waals surface area (Å²) in [6.45, 7) is 5.17. The number of nitrogens with zero attached hydrogens (tertiary/aromatic N) is 3. The monoisotopic (exact) mass is 374 g/mol. The maximum Gasteiger partial charge on any atom is 0.277 e. The number of carbonyl (C=O) groups is 1. The number of aryl methyl sites for hydroxylation is 2. The van der Waals surface area contributed by atoms with E-state index in [-0.39, 0.29) is 5.91 Å². The van der Waals surface area contributed by atoms with Crippen LogP contribution in [0.1, 0.15) is 35.1 Å². The molecule has 0 aliphatic rings. The standard InChI is InChI=1S/C23H26N4O/c1-3-27(20-14-8-5-9-15-20)22(28)21-17-18(2)25-23(26-21)24-16-10-13-19-11-6-4-7-12-19/h4-9,11-12,14-15,17H,3,10,13,16H2,1-2H3,(H,24,25,26). The summed E-state index contributed by atoms with van der Waals surface area (Å²) in [6, 6.07) is 21.8. The predicted octanol–water partition coefficient (Wildman–Crippen LogP) is 4.50. The lowest BCUT2D eigenvalue weighted by Crippen LogP contribution is -2.31. The number of carbonyl (C=O) groups excluding carboxylic acids is 1. The molecular weight excluding hydrogens is 348 g/mol. The number of benzene rings is 2. The molecule has 0 radical (unpaired) electrons. The fourth-order valence-corrected chi connectivity index (χ4v) is 3.08. The van der Waals surface area contributed by atoms with E-state index in [1.165, 1.54) is 5.56 Å². The molecule has 1 amide bonds. The van der Waals surface area contributed by atoms with Crippen LogP contribution >= 0.6 is 0 Å². The predicted molar refractivity (Wildman–Crippen MR) is 114 cm³/mol. The Balaban J connectivity index is 1.66. The number of rotatable bonds is 8. The van der Waals surface area contributed by atoms with Crippen molar-refractivity contribution in [2.75, 3.05) is 23.3 Å². The molecule has 0 unspecified atom stereocenters. The Hall–Kier alpha value is -3.21. The minimum Gasteiger partial charge on any atom is -0.354 e. The zero-order chi connectivity index (χ0) is 19.8. The van der Waals surface area contributed by atoms with E-state index >= 15 is 0 Å². The molecule has 0 aliphatic heterocycles. The molecule has 3 rings (SSSR count). The zero-order valence-corrected chi connectivity index (χ0v) is 16.4. The van der Waals surface area contributed by atoms with Crippen LogP contribution in [0.25, 0.3) is 0 Å². The molecule has 1 heterocycles. The number of aromatic nitrogens is 2. The summed E-state index contributed by atoms with van der Waals surface area (Å²) in [7, 11) is 0. The quantitative estimate of drug-likeness (QED) is 0.590. The van der Waals surface area contributed by atoms with Gasteiger partial charge in [0, 0.05) is 24.5 Å². The first-order valence-corrected chi connectivity index (χ1v) is 9.67. The van der Waals surface area contributed by atoms with E-state index in [4.69, 9.17) is 0 Å². The second-order valence-electron chi connectivity index (χ2n) is 6.62. The van der Waals surface area contributed by atoms with Gasteiger partial charge < -0.3 is 10.2 Å². The van der Waals surface area contributed by atoms with Crippen LogP contribution in [-0.2, 0) is 6.42 Å². The summed E-state index contributed by atoms with van der Waals surface area (Å²) in [4.78, 5) is 23.6. The molecule has 0 fully saturated rings. The Bertz CT molecular complexity index is 897. The van der Waals surface area contributed by atoms with Crippen LogP contribution < -0.4 is 10.2 Å². The molecule has 0 saturated carbocycles. The molecule has 1 N–H and O–H groups in total. The van der Waals surface area contributed by atoms with Gasteiger partial charge in [0.15, 0.2) is 0 Å². The molecule has 1 aromatic heterocycles. The number of anilines is 2. The molecule has 0 bridgehead atoms. The van der Waals surface area contributed by atoms with E-state index in [0.29, 0.717) is 18.2 Å². The fourth-order valence-electron chi connectivity index (χ4n) is 3.08. The van der Waals surface area contributed by atoms with Crippen LogP contribution in [0.15, 0.2) is 66.7 Å². The number of para-hydroxylation sites is 1. The summed E-state index contributed by atoms with van der Waals surface area (Å²) in [5, 5.41) is 3.25. The minimum absolute atomic E-state index is 0.119. The third kappa shape index (κ3) is 5.16. The lowest BCUT2D eigenvalue weighted by atomic mass is 10.1. The van der Waals surface area contributed by atoms with Crippen molar-refractivity contribution in [3.63, 3.8) is 0 Å². The smallest absolute Gasteiger partial charge is 0.277 e. The van der Waals surface area contributed by atoms with Crippen LogP contribution in [0.5, 0.6) is 0 Å². The molecule has 5 heteroatoms. The van der Waals surface area contributed by atoms with Crippen LogP contribution in [0.2, 0.25) is 0 Å². The molecule has 0 atom stereocenters. The molecule has 3 aromatic rings. The van der Waals surface area contributed by atoms with Gasteiger partial charge in [0.25, 0.3) is 5.91 Å². The van der Waals surface area contributed by atoms with Gasteiger partial charge in [-0.2, -0.15) is 0 Å². The van der Waals surface area contributed by atoms with Gasteiger partial charge in [0.2, 0.25) is 5.95 Å². The SMILES string of the molecule is CCN(C(=O)c1cc(C)nc(NCCCc2ccccc2)n1)c1ccccc1. The number of amides is 1. The van der Waals surface area contributed by atoms with Crippen molar-refractivity contribution < 1.29 is 4.79 Å². The first-order valence-electron chi connectivity index (χ1n) is 9.67. The van der Waals surface area contributed by atoms with E-state index in [0.717, 1.165) is 30.8 Å². The van der Waals surface area contributed by atoms with E-state index in [1.807, 2.05) is 50.2 Å². The Morgan fingerprint density at radius 3 is 2.36 bits per heavy atom. The van der Waals surface area contributed by atoms with Crippen molar-refractivity contribution in [2.45, 2.75) is 26.7 Å². The van der Waals surface area contributed by atoms with Crippen LogP contribution in [0.4, 0.5) is 11.6 Å². The molecular formula is C23H26N4O. The molecule has 28 heavy (non-hydrogen) atoms. The third-order valence-electron chi connectivity index (χ3n) is 4.47. The van der Waals surface area contributed by atoms with Crippen LogP contribution in [0, 0.1) is 6.92 Å². The second-order valence-corrected chi connectivity index (χ2v) is 6.62. The summed E-state index contributed by atoms with van der Waals surface area (Å²) in [5.41, 5.74) is 3.35. The zero-order valence-electron chi connectivity index (χ0n) is 16.4. The van der Waals surface area contributed by atoms with Crippen LogP contribution in [0.3, 0.4) is 0 Å². The van der Waals surface area contributed by atoms with Crippen molar-refractivity contribution in [3.05, 3.63) is 83.7 Å². The highest BCUT2D eigenvalue weighted by molar-refractivity contribution is 6.04. The highest BCUT2D eigenvalue weighted by atomic mass is 16.2. The summed E-state index contributed by atoms with van der Waals surface area (Å²) in [5.74, 6) is 0.382. The summed E-state index contributed by atoms with van der Waals surface area (Å²) < 4.78 is 0. The highest BCUT2D eigenvalue weighted by Gasteiger charge is 2.18.